The number of pyridine rings is 2. The molecule has 0 spiro atoms. The Labute approximate surface area is 122 Å². The molecule has 0 saturated carbocycles. The molecule has 6 nitrogen and oxygen atoms in total. The number of methoxy groups -OCH3 is 1. The van der Waals surface area contributed by atoms with Crippen molar-refractivity contribution in [3.8, 4) is 5.75 Å². The largest absolute Gasteiger partial charge is 0.495 e. The van der Waals surface area contributed by atoms with Crippen LogP contribution < -0.4 is 10.3 Å². The lowest BCUT2D eigenvalue weighted by molar-refractivity contribution is -0.155. The number of carbonyl (C=O) groups excluding carboxylic acids is 1. The topological polar surface area (TPSA) is 70.4 Å². The minimum atomic E-state index is -0.596. The van der Waals surface area contributed by atoms with Crippen LogP contribution in [0.5, 0.6) is 5.75 Å². The van der Waals surface area contributed by atoms with E-state index in [1.54, 1.807) is 39.1 Å². The predicted octanol–water partition coefficient (Wildman–Crippen LogP) is 1.75. The lowest BCUT2D eigenvalue weighted by atomic mass is 10.2. The van der Waals surface area contributed by atoms with Gasteiger partial charge in [-0.2, -0.15) is 0 Å². The lowest BCUT2D eigenvalue weighted by Gasteiger charge is -2.20. The molecule has 0 bridgehead atoms. The number of hydrogen-bond donors (Lipinski definition) is 0. The summed E-state index contributed by atoms with van der Waals surface area (Å²) in [5.74, 6) is 0.0472. The van der Waals surface area contributed by atoms with Crippen LogP contribution in [0.25, 0.3) is 11.0 Å². The van der Waals surface area contributed by atoms with Crippen LogP contribution in [-0.2, 0) is 16.1 Å². The number of aromatic nitrogens is 2. The Morgan fingerprint density at radius 3 is 2.67 bits per heavy atom. The highest BCUT2D eigenvalue weighted by molar-refractivity contribution is 5.78. The Kier molecular flexibility index (Phi) is 3.97. The molecule has 0 atom stereocenters. The fourth-order valence-corrected chi connectivity index (χ4v) is 1.93. The minimum Gasteiger partial charge on any atom is -0.495 e. The van der Waals surface area contributed by atoms with Crippen molar-refractivity contribution in [2.24, 2.45) is 0 Å². The fourth-order valence-electron chi connectivity index (χ4n) is 1.93. The molecule has 2 aromatic heterocycles. The number of esters is 1. The van der Waals surface area contributed by atoms with Gasteiger partial charge in [-0.15, -0.1) is 0 Å². The molecule has 0 aliphatic rings. The molecule has 0 saturated heterocycles. The van der Waals surface area contributed by atoms with Crippen molar-refractivity contribution >= 4 is 17.0 Å². The first-order chi connectivity index (χ1) is 9.80. The molecule has 0 radical (unpaired) electrons. The Morgan fingerprint density at radius 2 is 2.05 bits per heavy atom. The third-order valence-corrected chi connectivity index (χ3v) is 2.76. The second kappa shape index (κ2) is 5.55. The molecule has 2 heterocycles. The highest BCUT2D eigenvalue weighted by atomic mass is 16.6. The number of carbonyl (C=O) groups is 1. The van der Waals surface area contributed by atoms with E-state index >= 15 is 0 Å². The molecule has 0 fully saturated rings. The normalized spacial score (nSPS) is 11.4. The Hall–Kier alpha value is -2.37. The maximum atomic E-state index is 12.0. The summed E-state index contributed by atoms with van der Waals surface area (Å²) >= 11 is 0. The summed E-state index contributed by atoms with van der Waals surface area (Å²) in [6, 6.07) is 4.67. The van der Waals surface area contributed by atoms with Crippen LogP contribution in [0.15, 0.2) is 29.2 Å². The van der Waals surface area contributed by atoms with Gasteiger partial charge in [0.15, 0.2) is 0 Å². The zero-order valence-electron chi connectivity index (χ0n) is 12.5. The third kappa shape index (κ3) is 3.59. The van der Waals surface area contributed by atoms with Crippen LogP contribution in [0.3, 0.4) is 0 Å². The standard InChI is InChI=1S/C15H18N2O4/c1-15(2,3)21-14(19)9-17-12-7-10(20-4)8-16-11(12)5-6-13(17)18/h5-8H,9H2,1-4H3. The smallest absolute Gasteiger partial charge is 0.326 e. The van der Waals surface area contributed by atoms with Crippen molar-refractivity contribution < 1.29 is 14.3 Å². The molecule has 0 amide bonds. The number of hydrogen-bond acceptors (Lipinski definition) is 5. The summed E-state index contributed by atoms with van der Waals surface area (Å²) in [6.07, 6.45) is 1.56. The quantitative estimate of drug-likeness (QED) is 0.805. The first-order valence-electron chi connectivity index (χ1n) is 6.55. The van der Waals surface area contributed by atoms with Crippen molar-refractivity contribution in [2.45, 2.75) is 32.9 Å². The summed E-state index contributed by atoms with van der Waals surface area (Å²) in [4.78, 5) is 28.2. The van der Waals surface area contributed by atoms with E-state index in [0.717, 1.165) is 0 Å². The average molecular weight is 290 g/mol. The van der Waals surface area contributed by atoms with Crippen LogP contribution >= 0.6 is 0 Å². The van der Waals surface area contributed by atoms with E-state index < -0.39 is 11.6 Å². The predicted molar refractivity (Wildman–Crippen MR) is 78.4 cm³/mol. The highest BCUT2D eigenvalue weighted by Crippen LogP contribution is 2.17. The van der Waals surface area contributed by atoms with Gasteiger partial charge in [0.2, 0.25) is 0 Å². The fraction of sp³-hybridized carbons (Fsp3) is 0.400. The Balaban J connectivity index is 2.44. The monoisotopic (exact) mass is 290 g/mol. The van der Waals surface area contributed by atoms with Gasteiger partial charge in [-0.1, -0.05) is 0 Å². The van der Waals surface area contributed by atoms with Crippen molar-refractivity contribution in [1.29, 1.82) is 0 Å². The van der Waals surface area contributed by atoms with E-state index in [2.05, 4.69) is 4.98 Å². The second-order valence-electron chi connectivity index (χ2n) is 5.62. The Bertz CT molecular complexity index is 729. The van der Waals surface area contributed by atoms with Gasteiger partial charge >= 0.3 is 5.97 Å². The molecule has 6 heteroatoms. The van der Waals surface area contributed by atoms with Gasteiger partial charge in [0.05, 0.1) is 24.3 Å². The minimum absolute atomic E-state index is 0.164. The summed E-state index contributed by atoms with van der Waals surface area (Å²) in [5.41, 5.74) is 0.261. The van der Waals surface area contributed by atoms with Gasteiger partial charge in [-0.05, 0) is 26.8 Å². The molecule has 0 unspecified atom stereocenters. The lowest BCUT2D eigenvalue weighted by Crippen LogP contribution is -2.30. The molecule has 0 aromatic carbocycles. The van der Waals surface area contributed by atoms with E-state index in [-0.39, 0.29) is 12.1 Å². The van der Waals surface area contributed by atoms with Gasteiger partial charge in [0, 0.05) is 12.1 Å². The third-order valence-electron chi connectivity index (χ3n) is 2.76. The van der Waals surface area contributed by atoms with Gasteiger partial charge in [0.25, 0.3) is 5.56 Å². The van der Waals surface area contributed by atoms with E-state index in [1.165, 1.54) is 17.7 Å². The molecule has 0 aliphatic carbocycles. The zero-order valence-corrected chi connectivity index (χ0v) is 12.5. The summed E-state index contributed by atoms with van der Waals surface area (Å²) < 4.78 is 11.7. The van der Waals surface area contributed by atoms with Gasteiger partial charge in [-0.25, -0.2) is 0 Å². The molecule has 2 aromatic rings. The van der Waals surface area contributed by atoms with Gasteiger partial charge < -0.3 is 9.47 Å². The molecule has 0 N–H and O–H groups in total. The number of ether oxygens (including phenoxy) is 2. The van der Waals surface area contributed by atoms with Crippen molar-refractivity contribution in [3.05, 3.63) is 34.7 Å². The van der Waals surface area contributed by atoms with Crippen LogP contribution in [0.4, 0.5) is 0 Å². The number of fused-ring (bicyclic) bond motifs is 1. The molecular formula is C15H18N2O4. The highest BCUT2D eigenvalue weighted by Gasteiger charge is 2.18. The molecule has 112 valence electrons. The van der Waals surface area contributed by atoms with E-state index in [4.69, 9.17) is 9.47 Å². The molecule has 0 aliphatic heterocycles. The van der Waals surface area contributed by atoms with Gasteiger partial charge in [0.1, 0.15) is 17.9 Å². The molecule has 21 heavy (non-hydrogen) atoms. The van der Waals surface area contributed by atoms with Crippen LogP contribution in [0.1, 0.15) is 20.8 Å². The SMILES string of the molecule is COc1cnc2ccc(=O)n(CC(=O)OC(C)(C)C)c2c1. The first kappa shape index (κ1) is 15.0. The van der Waals surface area contributed by atoms with E-state index in [1.807, 2.05) is 0 Å². The van der Waals surface area contributed by atoms with Crippen molar-refractivity contribution in [2.75, 3.05) is 7.11 Å². The maximum absolute atomic E-state index is 12.0. The van der Waals surface area contributed by atoms with Crippen LogP contribution in [0, 0.1) is 0 Å². The number of rotatable bonds is 3. The van der Waals surface area contributed by atoms with Crippen molar-refractivity contribution in [3.63, 3.8) is 0 Å². The molecule has 2 rings (SSSR count). The Morgan fingerprint density at radius 1 is 1.33 bits per heavy atom. The zero-order chi connectivity index (χ0) is 15.6. The van der Waals surface area contributed by atoms with Crippen LogP contribution in [0.2, 0.25) is 0 Å². The maximum Gasteiger partial charge on any atom is 0.326 e. The summed E-state index contributed by atoms with van der Waals surface area (Å²) in [7, 11) is 1.52. The van der Waals surface area contributed by atoms with Gasteiger partial charge in [-0.3, -0.25) is 19.1 Å². The summed E-state index contributed by atoms with van der Waals surface area (Å²) in [6.45, 7) is 5.17. The average Bonchev–Trinajstić information content (AvgIpc) is 2.39. The van der Waals surface area contributed by atoms with E-state index in [9.17, 15) is 9.59 Å². The van der Waals surface area contributed by atoms with Crippen LogP contribution in [-0.4, -0.2) is 28.2 Å². The van der Waals surface area contributed by atoms with Crippen molar-refractivity contribution in [1.82, 2.24) is 9.55 Å². The molecular weight excluding hydrogens is 272 g/mol. The summed E-state index contributed by atoms with van der Waals surface area (Å²) in [5, 5.41) is 0. The second-order valence-corrected chi connectivity index (χ2v) is 5.62. The number of nitrogens with zero attached hydrogens (tertiary/aromatic N) is 2. The van der Waals surface area contributed by atoms with E-state index in [0.29, 0.717) is 16.8 Å². The first-order valence-corrected chi connectivity index (χ1v) is 6.55.